The fourth-order valence-electron chi connectivity index (χ4n) is 3.18. The molecule has 7 heteroatoms. The quantitative estimate of drug-likeness (QED) is 0.917. The first-order valence-electron chi connectivity index (χ1n) is 8.68. The number of hydrogen-bond donors (Lipinski definition) is 1. The second-order valence-electron chi connectivity index (χ2n) is 6.84. The molecule has 0 radical (unpaired) electrons. The molecule has 1 saturated heterocycles. The summed E-state index contributed by atoms with van der Waals surface area (Å²) in [5.41, 5.74) is 2.60. The average molecular weight is 339 g/mol. The van der Waals surface area contributed by atoms with Crippen molar-refractivity contribution in [3.8, 4) is 5.69 Å². The maximum absolute atomic E-state index is 12.7. The van der Waals surface area contributed by atoms with Crippen LogP contribution in [-0.4, -0.2) is 39.2 Å². The molecule has 1 saturated carbocycles. The third-order valence-corrected chi connectivity index (χ3v) is 4.74. The van der Waals surface area contributed by atoms with Crippen LogP contribution in [-0.2, 0) is 9.59 Å². The lowest BCUT2D eigenvalue weighted by Crippen LogP contribution is -2.44. The second-order valence-corrected chi connectivity index (χ2v) is 6.84. The summed E-state index contributed by atoms with van der Waals surface area (Å²) in [6, 6.07) is 2.18. The average Bonchev–Trinajstić information content (AvgIpc) is 3.32. The van der Waals surface area contributed by atoms with Crippen molar-refractivity contribution in [1.29, 1.82) is 0 Å². The molecular formula is C18H21N5O2. The van der Waals surface area contributed by atoms with Crippen molar-refractivity contribution in [1.82, 2.24) is 20.1 Å². The van der Waals surface area contributed by atoms with E-state index >= 15 is 0 Å². The van der Waals surface area contributed by atoms with Crippen molar-refractivity contribution in [3.05, 3.63) is 36.4 Å². The van der Waals surface area contributed by atoms with Crippen LogP contribution in [0.15, 0.2) is 30.9 Å². The predicted octanol–water partition coefficient (Wildman–Crippen LogP) is 1.60. The zero-order valence-corrected chi connectivity index (χ0v) is 14.2. The molecule has 2 aromatic heterocycles. The Kier molecular flexibility index (Phi) is 3.99. The highest BCUT2D eigenvalue weighted by molar-refractivity contribution is 5.98. The molecule has 25 heavy (non-hydrogen) atoms. The topological polar surface area (TPSA) is 80.1 Å². The Hall–Kier alpha value is -2.70. The summed E-state index contributed by atoms with van der Waals surface area (Å²) in [5, 5.41) is 7.34. The molecule has 7 nitrogen and oxygen atoms in total. The number of nitrogens with zero attached hydrogens (tertiary/aromatic N) is 4. The van der Waals surface area contributed by atoms with Gasteiger partial charge in [0.1, 0.15) is 0 Å². The summed E-state index contributed by atoms with van der Waals surface area (Å²) < 4.78 is 1.76. The number of hydrogen-bond acceptors (Lipinski definition) is 4. The molecular weight excluding hydrogens is 318 g/mol. The minimum absolute atomic E-state index is 0.0182. The summed E-state index contributed by atoms with van der Waals surface area (Å²) in [6.45, 7) is 2.49. The van der Waals surface area contributed by atoms with Crippen LogP contribution in [0.25, 0.3) is 5.69 Å². The van der Waals surface area contributed by atoms with Crippen molar-refractivity contribution < 1.29 is 9.59 Å². The molecule has 1 atom stereocenters. The number of rotatable bonds is 4. The molecule has 0 spiro atoms. The van der Waals surface area contributed by atoms with Gasteiger partial charge in [-0.25, -0.2) is 4.68 Å². The van der Waals surface area contributed by atoms with Gasteiger partial charge >= 0.3 is 0 Å². The SMILES string of the molecule is Cc1cnn(-c2ccncc2N2CCC(C(=O)NC3CC3)CC2=O)c1. The Morgan fingerprint density at radius 2 is 2.08 bits per heavy atom. The van der Waals surface area contributed by atoms with Crippen LogP contribution in [0.3, 0.4) is 0 Å². The van der Waals surface area contributed by atoms with Crippen LogP contribution in [0.2, 0.25) is 0 Å². The van der Waals surface area contributed by atoms with Crippen molar-refractivity contribution >= 4 is 17.5 Å². The molecule has 4 rings (SSSR count). The second kappa shape index (κ2) is 6.31. The molecule has 0 aromatic carbocycles. The number of carbonyl (C=O) groups excluding carboxylic acids is 2. The van der Waals surface area contributed by atoms with E-state index in [0.29, 0.717) is 19.0 Å². The first-order valence-corrected chi connectivity index (χ1v) is 8.68. The Balaban J connectivity index is 1.53. The van der Waals surface area contributed by atoms with Gasteiger partial charge < -0.3 is 10.2 Å². The lowest BCUT2D eigenvalue weighted by Gasteiger charge is -2.32. The van der Waals surface area contributed by atoms with E-state index in [2.05, 4.69) is 15.4 Å². The summed E-state index contributed by atoms with van der Waals surface area (Å²) >= 11 is 0. The standard InChI is InChI=1S/C18H21N5O2/c1-12-9-20-23(11-12)15-4-6-19-10-16(15)22-7-5-13(8-17(22)24)18(25)21-14-2-3-14/h4,6,9-11,13-14H,2-3,5,7-8H2,1H3,(H,21,25). The van der Waals surface area contributed by atoms with E-state index in [1.807, 2.05) is 19.2 Å². The number of piperidine rings is 1. The number of pyridine rings is 1. The van der Waals surface area contributed by atoms with Gasteiger partial charge in [0.15, 0.2) is 0 Å². The van der Waals surface area contributed by atoms with Crippen LogP contribution in [0, 0.1) is 12.8 Å². The normalized spacial score (nSPS) is 20.6. The van der Waals surface area contributed by atoms with E-state index in [-0.39, 0.29) is 24.2 Å². The third-order valence-electron chi connectivity index (χ3n) is 4.74. The van der Waals surface area contributed by atoms with Crippen molar-refractivity contribution in [2.45, 2.75) is 38.6 Å². The lowest BCUT2D eigenvalue weighted by molar-refractivity contribution is -0.131. The van der Waals surface area contributed by atoms with Gasteiger partial charge in [0.2, 0.25) is 11.8 Å². The first-order chi connectivity index (χ1) is 12.1. The fraction of sp³-hybridized carbons (Fsp3) is 0.444. The van der Waals surface area contributed by atoms with E-state index < -0.39 is 0 Å². The molecule has 2 amide bonds. The van der Waals surface area contributed by atoms with E-state index in [4.69, 9.17) is 0 Å². The Bertz CT molecular complexity index is 811. The summed E-state index contributed by atoms with van der Waals surface area (Å²) in [7, 11) is 0. The number of carbonyl (C=O) groups is 2. The van der Waals surface area contributed by atoms with Gasteiger partial charge in [0.05, 0.1) is 23.8 Å². The maximum Gasteiger partial charge on any atom is 0.227 e. The van der Waals surface area contributed by atoms with Crippen LogP contribution >= 0.6 is 0 Å². The fourth-order valence-corrected chi connectivity index (χ4v) is 3.18. The van der Waals surface area contributed by atoms with Crippen LogP contribution in [0.4, 0.5) is 5.69 Å². The van der Waals surface area contributed by atoms with E-state index in [0.717, 1.165) is 29.8 Å². The molecule has 1 N–H and O–H groups in total. The lowest BCUT2D eigenvalue weighted by atomic mass is 9.95. The smallest absolute Gasteiger partial charge is 0.227 e. The number of nitrogens with one attached hydrogen (secondary N) is 1. The zero-order chi connectivity index (χ0) is 17.4. The largest absolute Gasteiger partial charge is 0.353 e. The highest BCUT2D eigenvalue weighted by atomic mass is 16.2. The highest BCUT2D eigenvalue weighted by Gasteiger charge is 2.34. The van der Waals surface area contributed by atoms with E-state index in [1.54, 1.807) is 28.2 Å². The minimum atomic E-state index is -0.226. The van der Waals surface area contributed by atoms with Gasteiger partial charge in [0.25, 0.3) is 0 Å². The van der Waals surface area contributed by atoms with E-state index in [1.165, 1.54) is 0 Å². The number of amides is 2. The molecule has 0 bridgehead atoms. The molecule has 2 aliphatic rings. The summed E-state index contributed by atoms with van der Waals surface area (Å²) in [6.07, 6.45) is 10.1. The molecule has 2 fully saturated rings. The molecule has 3 heterocycles. The van der Waals surface area contributed by atoms with Crippen molar-refractivity contribution in [2.24, 2.45) is 5.92 Å². The van der Waals surface area contributed by atoms with Gasteiger partial charge in [-0.15, -0.1) is 0 Å². The van der Waals surface area contributed by atoms with Crippen LogP contribution in [0.1, 0.15) is 31.2 Å². The third kappa shape index (κ3) is 3.26. The zero-order valence-electron chi connectivity index (χ0n) is 14.2. The van der Waals surface area contributed by atoms with Crippen molar-refractivity contribution in [3.63, 3.8) is 0 Å². The van der Waals surface area contributed by atoms with Crippen molar-refractivity contribution in [2.75, 3.05) is 11.4 Å². The van der Waals surface area contributed by atoms with Crippen LogP contribution < -0.4 is 10.2 Å². The van der Waals surface area contributed by atoms with Crippen LogP contribution in [0.5, 0.6) is 0 Å². The monoisotopic (exact) mass is 339 g/mol. The highest BCUT2D eigenvalue weighted by Crippen LogP contribution is 2.29. The Labute approximate surface area is 146 Å². The van der Waals surface area contributed by atoms with Gasteiger partial charge in [-0.2, -0.15) is 5.10 Å². The number of anilines is 1. The molecule has 1 unspecified atom stereocenters. The molecule has 1 aliphatic heterocycles. The minimum Gasteiger partial charge on any atom is -0.353 e. The number of aromatic nitrogens is 3. The Morgan fingerprint density at radius 1 is 1.24 bits per heavy atom. The van der Waals surface area contributed by atoms with E-state index in [9.17, 15) is 9.59 Å². The summed E-state index contributed by atoms with van der Waals surface area (Å²) in [4.78, 5) is 30.8. The van der Waals surface area contributed by atoms with Gasteiger partial charge in [0, 0.05) is 37.3 Å². The molecule has 2 aromatic rings. The van der Waals surface area contributed by atoms with Gasteiger partial charge in [-0.05, 0) is 37.8 Å². The maximum atomic E-state index is 12.7. The Morgan fingerprint density at radius 3 is 2.76 bits per heavy atom. The molecule has 130 valence electrons. The first kappa shape index (κ1) is 15.8. The molecule has 1 aliphatic carbocycles. The van der Waals surface area contributed by atoms with Gasteiger partial charge in [-0.1, -0.05) is 0 Å². The predicted molar refractivity (Wildman–Crippen MR) is 92.3 cm³/mol. The number of aryl methyl sites for hydroxylation is 1. The van der Waals surface area contributed by atoms with Gasteiger partial charge in [-0.3, -0.25) is 14.6 Å². The summed E-state index contributed by atoms with van der Waals surface area (Å²) in [5.74, 6) is -0.249.